The molecule has 0 N–H and O–H groups in total. The van der Waals surface area contributed by atoms with Gasteiger partial charge in [0.1, 0.15) is 0 Å². The number of nitrogens with zero attached hydrogens (tertiary/aromatic N) is 1. The van der Waals surface area contributed by atoms with Crippen LogP contribution in [0.25, 0.3) is 0 Å². The minimum absolute atomic E-state index is 0.109. The minimum atomic E-state index is -0.349. The molecule has 28 heavy (non-hydrogen) atoms. The molecular formula is C20H20BrCl2NO4. The van der Waals surface area contributed by atoms with Crippen LogP contribution < -0.4 is 4.74 Å². The Balaban J connectivity index is 2.06. The number of rotatable bonds is 9. The maximum absolute atomic E-state index is 12.7. The molecule has 0 atom stereocenters. The number of carbonyl (C=O) groups excluding carboxylic acids is 2. The van der Waals surface area contributed by atoms with Gasteiger partial charge in [0.2, 0.25) is 0 Å². The van der Waals surface area contributed by atoms with E-state index in [9.17, 15) is 9.59 Å². The molecule has 0 heterocycles. The summed E-state index contributed by atoms with van der Waals surface area (Å²) in [5.74, 6) is -0.284. The highest BCUT2D eigenvalue weighted by Crippen LogP contribution is 2.36. The van der Waals surface area contributed by atoms with Crippen LogP contribution in [0.5, 0.6) is 5.75 Å². The molecular weight excluding hydrogens is 469 g/mol. The van der Waals surface area contributed by atoms with Gasteiger partial charge in [-0.2, -0.15) is 0 Å². The summed E-state index contributed by atoms with van der Waals surface area (Å²) in [7, 11) is 0. The number of amides is 1. The van der Waals surface area contributed by atoms with Crippen LogP contribution in [0.2, 0.25) is 10.0 Å². The van der Waals surface area contributed by atoms with Crippen LogP contribution in [-0.2, 0) is 20.9 Å². The van der Waals surface area contributed by atoms with Crippen LogP contribution in [0, 0.1) is 0 Å². The van der Waals surface area contributed by atoms with Crippen molar-refractivity contribution in [3.63, 3.8) is 0 Å². The Morgan fingerprint density at radius 3 is 2.50 bits per heavy atom. The number of ether oxygens (including phenoxy) is 2. The predicted octanol–water partition coefficient (Wildman–Crippen LogP) is 5.12. The molecule has 2 rings (SSSR count). The van der Waals surface area contributed by atoms with Crippen molar-refractivity contribution < 1.29 is 19.1 Å². The summed E-state index contributed by atoms with van der Waals surface area (Å²) in [6.07, 6.45) is 0.109. The Hall–Kier alpha value is -1.76. The highest BCUT2D eigenvalue weighted by atomic mass is 79.9. The van der Waals surface area contributed by atoms with E-state index < -0.39 is 0 Å². The Bertz CT molecular complexity index is 794. The summed E-state index contributed by atoms with van der Waals surface area (Å²) in [6.45, 7) is 2.41. The highest BCUT2D eigenvalue weighted by molar-refractivity contribution is 9.10. The fourth-order valence-electron chi connectivity index (χ4n) is 2.45. The van der Waals surface area contributed by atoms with Gasteiger partial charge in [0.05, 0.1) is 22.5 Å². The van der Waals surface area contributed by atoms with E-state index in [1.54, 1.807) is 17.9 Å². The van der Waals surface area contributed by atoms with Gasteiger partial charge in [0.25, 0.3) is 5.91 Å². The number of hydrogen-bond donors (Lipinski definition) is 0. The van der Waals surface area contributed by atoms with Crippen LogP contribution in [0.3, 0.4) is 0 Å². The second-order valence-electron chi connectivity index (χ2n) is 5.84. The zero-order chi connectivity index (χ0) is 20.5. The fraction of sp³-hybridized carbons (Fsp3) is 0.300. The Kier molecular flexibility index (Phi) is 9.09. The van der Waals surface area contributed by atoms with E-state index in [1.165, 1.54) is 6.07 Å². The van der Waals surface area contributed by atoms with Crippen LogP contribution in [0.1, 0.15) is 18.9 Å². The largest absolute Gasteiger partial charge is 0.481 e. The van der Waals surface area contributed by atoms with Crippen LogP contribution in [0.15, 0.2) is 46.9 Å². The van der Waals surface area contributed by atoms with Gasteiger partial charge in [-0.15, -0.1) is 0 Å². The summed E-state index contributed by atoms with van der Waals surface area (Å²) in [4.78, 5) is 26.0. The van der Waals surface area contributed by atoms with Crippen LogP contribution in [-0.4, -0.2) is 36.5 Å². The van der Waals surface area contributed by atoms with Crippen molar-refractivity contribution in [2.45, 2.75) is 19.9 Å². The molecule has 5 nitrogen and oxygen atoms in total. The lowest BCUT2D eigenvalue weighted by atomic mass is 10.2. The molecule has 0 saturated heterocycles. The smallest absolute Gasteiger partial charge is 0.307 e. The molecule has 0 bridgehead atoms. The van der Waals surface area contributed by atoms with E-state index in [2.05, 4.69) is 15.9 Å². The zero-order valence-corrected chi connectivity index (χ0v) is 18.4. The van der Waals surface area contributed by atoms with Gasteiger partial charge in [-0.25, -0.2) is 0 Å². The number of benzene rings is 2. The summed E-state index contributed by atoms with van der Waals surface area (Å²) in [5.41, 5.74) is 0.949. The Morgan fingerprint density at radius 2 is 1.86 bits per heavy atom. The van der Waals surface area contributed by atoms with Crippen LogP contribution in [0.4, 0.5) is 0 Å². The SMILES string of the molecule is CCOC(=O)CCN(Cc1ccccc1)C(=O)COc1c(Cl)cc(Cl)cc1Br. The van der Waals surface area contributed by atoms with Gasteiger partial charge in [-0.1, -0.05) is 53.5 Å². The van der Waals surface area contributed by atoms with Crippen molar-refractivity contribution in [3.8, 4) is 5.75 Å². The third kappa shape index (κ3) is 7.00. The Morgan fingerprint density at radius 1 is 1.14 bits per heavy atom. The van der Waals surface area contributed by atoms with Gasteiger partial charge >= 0.3 is 5.97 Å². The first-order valence-corrected chi connectivity index (χ1v) is 10.2. The monoisotopic (exact) mass is 487 g/mol. The first-order chi connectivity index (χ1) is 13.4. The van der Waals surface area contributed by atoms with Crippen molar-refractivity contribution in [1.29, 1.82) is 0 Å². The van der Waals surface area contributed by atoms with Gasteiger partial charge < -0.3 is 14.4 Å². The van der Waals surface area contributed by atoms with Gasteiger partial charge in [-0.05, 0) is 40.5 Å². The molecule has 0 aliphatic rings. The lowest BCUT2D eigenvalue weighted by Gasteiger charge is -2.23. The molecule has 0 aliphatic heterocycles. The molecule has 0 saturated carbocycles. The van der Waals surface area contributed by atoms with E-state index in [4.69, 9.17) is 32.7 Å². The predicted molar refractivity (Wildman–Crippen MR) is 113 cm³/mol. The summed E-state index contributed by atoms with van der Waals surface area (Å²) >= 11 is 15.4. The molecule has 0 aromatic heterocycles. The average Bonchev–Trinajstić information content (AvgIpc) is 2.65. The summed E-state index contributed by atoms with van der Waals surface area (Å²) in [5, 5.41) is 0.754. The van der Waals surface area contributed by atoms with Crippen molar-refractivity contribution in [1.82, 2.24) is 4.90 Å². The number of carbonyl (C=O) groups is 2. The third-order valence-electron chi connectivity index (χ3n) is 3.76. The quantitative estimate of drug-likeness (QED) is 0.460. The van der Waals surface area contributed by atoms with Gasteiger partial charge in [0.15, 0.2) is 12.4 Å². The minimum Gasteiger partial charge on any atom is -0.481 e. The van der Waals surface area contributed by atoms with Gasteiger partial charge in [0, 0.05) is 18.1 Å². The first-order valence-electron chi connectivity index (χ1n) is 8.65. The van der Waals surface area contributed by atoms with Crippen molar-refractivity contribution >= 4 is 51.0 Å². The van der Waals surface area contributed by atoms with E-state index in [-0.39, 0.29) is 31.4 Å². The maximum Gasteiger partial charge on any atom is 0.307 e. The zero-order valence-electron chi connectivity index (χ0n) is 15.3. The topological polar surface area (TPSA) is 55.8 Å². The van der Waals surface area contributed by atoms with Crippen molar-refractivity contribution in [3.05, 3.63) is 62.5 Å². The second kappa shape index (κ2) is 11.3. The standard InChI is InChI=1S/C20H20BrCl2NO4/c1-2-27-19(26)8-9-24(12-14-6-4-3-5-7-14)18(25)13-28-20-16(21)10-15(22)11-17(20)23/h3-7,10-11H,2,8-9,12-13H2,1H3. The van der Waals surface area contributed by atoms with Crippen molar-refractivity contribution in [2.75, 3.05) is 19.8 Å². The lowest BCUT2D eigenvalue weighted by Crippen LogP contribution is -2.36. The van der Waals surface area contributed by atoms with E-state index in [0.717, 1.165) is 5.56 Å². The Labute approximate surface area is 182 Å². The highest BCUT2D eigenvalue weighted by Gasteiger charge is 2.18. The molecule has 2 aromatic carbocycles. The molecule has 0 unspecified atom stereocenters. The van der Waals surface area contributed by atoms with E-state index >= 15 is 0 Å². The van der Waals surface area contributed by atoms with Crippen molar-refractivity contribution in [2.24, 2.45) is 0 Å². The molecule has 2 aromatic rings. The first kappa shape index (κ1) is 22.5. The van der Waals surface area contributed by atoms with E-state index in [1.807, 2.05) is 30.3 Å². The summed E-state index contributed by atoms with van der Waals surface area (Å²) in [6, 6.07) is 12.7. The fourth-order valence-corrected chi connectivity index (χ4v) is 3.82. The second-order valence-corrected chi connectivity index (χ2v) is 7.54. The number of hydrogen-bond acceptors (Lipinski definition) is 4. The molecule has 1 amide bonds. The molecule has 0 spiro atoms. The van der Waals surface area contributed by atoms with Crippen LogP contribution >= 0.6 is 39.1 Å². The average molecular weight is 489 g/mol. The molecule has 150 valence electrons. The van der Waals surface area contributed by atoms with E-state index in [0.29, 0.717) is 33.4 Å². The number of esters is 1. The summed E-state index contributed by atoms with van der Waals surface area (Å²) < 4.78 is 11.1. The molecule has 0 radical (unpaired) electrons. The lowest BCUT2D eigenvalue weighted by molar-refractivity contribution is -0.144. The molecule has 0 fully saturated rings. The molecule has 8 heteroatoms. The number of halogens is 3. The third-order valence-corrected chi connectivity index (χ3v) is 4.85. The maximum atomic E-state index is 12.7. The normalized spacial score (nSPS) is 10.4. The molecule has 0 aliphatic carbocycles. The van der Waals surface area contributed by atoms with Gasteiger partial charge in [-0.3, -0.25) is 9.59 Å².